The number of carbonyl (C=O) groups excluding carboxylic acids is 2. The number of hydrogen-bond donors (Lipinski definition) is 2. The van der Waals surface area contributed by atoms with E-state index >= 15 is 0 Å². The number of para-hydroxylation sites is 1. The van der Waals surface area contributed by atoms with E-state index in [4.69, 9.17) is 27.9 Å². The van der Waals surface area contributed by atoms with Gasteiger partial charge in [-0.3, -0.25) is 9.59 Å². The zero-order chi connectivity index (χ0) is 20.6. The second-order valence-corrected chi connectivity index (χ2v) is 8.48. The number of amides is 2. The topological polar surface area (TPSA) is 67.4 Å². The van der Waals surface area contributed by atoms with Crippen molar-refractivity contribution in [2.75, 3.05) is 24.2 Å². The lowest BCUT2D eigenvalue weighted by Crippen LogP contribution is -2.32. The van der Waals surface area contributed by atoms with E-state index in [9.17, 15) is 9.59 Å². The maximum atomic E-state index is 12.5. The highest BCUT2D eigenvalue weighted by molar-refractivity contribution is 7.99. The van der Waals surface area contributed by atoms with Crippen LogP contribution in [0.2, 0.25) is 10.0 Å². The van der Waals surface area contributed by atoms with Crippen LogP contribution in [0.15, 0.2) is 42.5 Å². The Kier molecular flexibility index (Phi) is 8.24. The molecule has 154 valence electrons. The van der Waals surface area contributed by atoms with Crippen molar-refractivity contribution in [1.82, 2.24) is 5.32 Å². The number of hydrogen-bond acceptors (Lipinski definition) is 4. The highest BCUT2D eigenvalue weighted by Gasteiger charge is 2.18. The molecule has 29 heavy (non-hydrogen) atoms. The number of benzene rings is 2. The predicted octanol–water partition coefficient (Wildman–Crippen LogP) is 4.77. The number of ether oxygens (including phenoxy) is 1. The fourth-order valence-electron chi connectivity index (χ4n) is 2.97. The van der Waals surface area contributed by atoms with Crippen molar-refractivity contribution in [3.05, 3.63) is 63.6 Å². The van der Waals surface area contributed by atoms with Gasteiger partial charge in [0.05, 0.1) is 33.2 Å². The van der Waals surface area contributed by atoms with Crippen molar-refractivity contribution in [3.63, 3.8) is 0 Å². The van der Waals surface area contributed by atoms with Gasteiger partial charge in [0.25, 0.3) is 5.91 Å². The number of thioether (sulfide) groups is 1. The lowest BCUT2D eigenvalue weighted by molar-refractivity contribution is -0.113. The minimum atomic E-state index is -0.222. The average molecular weight is 453 g/mol. The molecular formula is C21H22Cl2N2O3S. The quantitative estimate of drug-likeness (QED) is 0.604. The molecule has 1 heterocycles. The zero-order valence-electron chi connectivity index (χ0n) is 15.8. The molecule has 1 saturated heterocycles. The van der Waals surface area contributed by atoms with Gasteiger partial charge in [-0.1, -0.05) is 41.4 Å². The molecule has 0 aliphatic carbocycles. The Bertz CT molecular complexity index is 873. The van der Waals surface area contributed by atoms with Crippen molar-refractivity contribution in [2.45, 2.75) is 24.7 Å². The molecule has 1 aliphatic heterocycles. The van der Waals surface area contributed by atoms with Crippen molar-refractivity contribution in [2.24, 2.45) is 0 Å². The van der Waals surface area contributed by atoms with E-state index in [1.54, 1.807) is 36.4 Å². The largest absolute Gasteiger partial charge is 0.376 e. The van der Waals surface area contributed by atoms with Gasteiger partial charge in [0.15, 0.2) is 0 Å². The molecule has 0 saturated carbocycles. The van der Waals surface area contributed by atoms with E-state index in [2.05, 4.69) is 10.6 Å². The summed E-state index contributed by atoms with van der Waals surface area (Å²) in [6.07, 6.45) is 2.04. The molecule has 1 atom stereocenters. The van der Waals surface area contributed by atoms with Gasteiger partial charge in [0, 0.05) is 18.9 Å². The molecule has 0 aromatic heterocycles. The molecule has 2 aromatic rings. The molecule has 1 aliphatic rings. The molecular weight excluding hydrogens is 431 g/mol. The van der Waals surface area contributed by atoms with Crippen LogP contribution in [0.5, 0.6) is 0 Å². The average Bonchev–Trinajstić information content (AvgIpc) is 3.23. The van der Waals surface area contributed by atoms with Gasteiger partial charge in [-0.25, -0.2) is 0 Å². The first-order valence-corrected chi connectivity index (χ1v) is 11.2. The van der Waals surface area contributed by atoms with Gasteiger partial charge in [-0.05, 0) is 42.7 Å². The van der Waals surface area contributed by atoms with E-state index in [1.807, 2.05) is 6.07 Å². The van der Waals surface area contributed by atoms with Gasteiger partial charge in [0.1, 0.15) is 0 Å². The first-order chi connectivity index (χ1) is 14.0. The highest BCUT2D eigenvalue weighted by Crippen LogP contribution is 2.25. The van der Waals surface area contributed by atoms with Crippen LogP contribution in [0.4, 0.5) is 5.69 Å². The summed E-state index contributed by atoms with van der Waals surface area (Å²) in [6, 6.07) is 12.4. The lowest BCUT2D eigenvalue weighted by Gasteiger charge is -2.13. The van der Waals surface area contributed by atoms with E-state index in [0.717, 1.165) is 25.0 Å². The number of halogens is 2. The Morgan fingerprint density at radius 1 is 1.14 bits per heavy atom. The van der Waals surface area contributed by atoms with Gasteiger partial charge in [0.2, 0.25) is 5.91 Å². The smallest absolute Gasteiger partial charge is 0.253 e. The van der Waals surface area contributed by atoms with Crippen LogP contribution in [0, 0.1) is 0 Å². The van der Waals surface area contributed by atoms with Gasteiger partial charge in [-0.2, -0.15) is 0 Å². The van der Waals surface area contributed by atoms with Crippen LogP contribution in [0.3, 0.4) is 0 Å². The van der Waals surface area contributed by atoms with Crippen molar-refractivity contribution in [3.8, 4) is 0 Å². The SMILES string of the molecule is O=C(CSCc1ccc(Cl)c(Cl)c1)Nc1ccccc1C(=O)NCC1CCCO1. The highest BCUT2D eigenvalue weighted by atomic mass is 35.5. The maximum absolute atomic E-state index is 12.5. The van der Waals surface area contributed by atoms with E-state index in [-0.39, 0.29) is 23.7 Å². The number of anilines is 1. The minimum absolute atomic E-state index is 0.0680. The van der Waals surface area contributed by atoms with E-state index in [0.29, 0.717) is 33.6 Å². The first kappa shape index (κ1) is 22.0. The molecule has 3 rings (SSSR count). The van der Waals surface area contributed by atoms with E-state index < -0.39 is 0 Å². The monoisotopic (exact) mass is 452 g/mol. The van der Waals surface area contributed by atoms with Crippen LogP contribution < -0.4 is 10.6 Å². The fourth-order valence-corrected chi connectivity index (χ4v) is 4.07. The van der Waals surface area contributed by atoms with Gasteiger partial charge in [-0.15, -0.1) is 11.8 Å². The van der Waals surface area contributed by atoms with E-state index in [1.165, 1.54) is 11.8 Å². The number of rotatable bonds is 8. The summed E-state index contributed by atoms with van der Waals surface area (Å²) in [4.78, 5) is 24.9. The van der Waals surface area contributed by atoms with Crippen molar-refractivity contribution >= 4 is 52.5 Å². The number of carbonyl (C=O) groups is 2. The normalized spacial score (nSPS) is 15.9. The van der Waals surface area contributed by atoms with Crippen molar-refractivity contribution in [1.29, 1.82) is 0 Å². The Balaban J connectivity index is 1.50. The summed E-state index contributed by atoms with van der Waals surface area (Å²) in [5, 5.41) is 6.72. The molecule has 5 nitrogen and oxygen atoms in total. The summed E-state index contributed by atoms with van der Waals surface area (Å²) in [6.45, 7) is 1.22. The molecule has 1 unspecified atom stereocenters. The third-order valence-corrected chi connectivity index (χ3v) is 6.19. The molecule has 2 aromatic carbocycles. The molecule has 0 radical (unpaired) electrons. The van der Waals surface area contributed by atoms with Gasteiger partial charge < -0.3 is 15.4 Å². The van der Waals surface area contributed by atoms with Crippen LogP contribution in [0.25, 0.3) is 0 Å². The second kappa shape index (κ2) is 10.9. The minimum Gasteiger partial charge on any atom is -0.376 e. The molecule has 2 N–H and O–H groups in total. The third kappa shape index (κ3) is 6.64. The van der Waals surface area contributed by atoms with Crippen LogP contribution in [-0.4, -0.2) is 36.8 Å². The summed E-state index contributed by atoms with van der Waals surface area (Å²) >= 11 is 13.4. The Morgan fingerprint density at radius 3 is 2.72 bits per heavy atom. The second-order valence-electron chi connectivity index (χ2n) is 6.68. The Morgan fingerprint density at radius 2 is 1.97 bits per heavy atom. The standard InChI is InChI=1S/C21H22Cl2N2O3S/c22-17-8-7-14(10-18(17)23)12-29-13-20(26)25-19-6-2-1-5-16(19)21(27)24-11-15-4-3-9-28-15/h1-2,5-8,10,15H,3-4,9,11-13H2,(H,24,27)(H,25,26). The van der Waals surface area contributed by atoms with Crippen LogP contribution in [0.1, 0.15) is 28.8 Å². The predicted molar refractivity (Wildman–Crippen MR) is 119 cm³/mol. The number of nitrogens with one attached hydrogen (secondary N) is 2. The molecule has 0 spiro atoms. The molecule has 0 bridgehead atoms. The Hall–Kier alpha value is -1.73. The third-order valence-electron chi connectivity index (χ3n) is 4.45. The summed E-state index contributed by atoms with van der Waals surface area (Å²) in [7, 11) is 0. The molecule has 8 heteroatoms. The summed E-state index contributed by atoms with van der Waals surface area (Å²) in [5.74, 6) is 0.495. The molecule has 1 fully saturated rings. The summed E-state index contributed by atoms with van der Waals surface area (Å²) in [5.41, 5.74) is 1.93. The van der Waals surface area contributed by atoms with Crippen LogP contribution in [-0.2, 0) is 15.3 Å². The first-order valence-electron chi connectivity index (χ1n) is 9.33. The van der Waals surface area contributed by atoms with Crippen molar-refractivity contribution < 1.29 is 14.3 Å². The fraction of sp³-hybridized carbons (Fsp3) is 0.333. The molecule has 2 amide bonds. The zero-order valence-corrected chi connectivity index (χ0v) is 18.1. The summed E-state index contributed by atoms with van der Waals surface area (Å²) < 4.78 is 5.53. The lowest BCUT2D eigenvalue weighted by atomic mass is 10.1. The Labute approximate surface area is 184 Å². The van der Waals surface area contributed by atoms with Crippen LogP contribution >= 0.6 is 35.0 Å². The van der Waals surface area contributed by atoms with Gasteiger partial charge >= 0.3 is 0 Å². The maximum Gasteiger partial charge on any atom is 0.253 e.